The van der Waals surface area contributed by atoms with E-state index in [9.17, 15) is 14.9 Å². The number of hydrogen-bond donors (Lipinski definition) is 2. The van der Waals surface area contributed by atoms with Crippen LogP contribution in [0.25, 0.3) is 10.8 Å². The molecule has 7 heteroatoms. The Morgan fingerprint density at radius 1 is 1.13 bits per heavy atom. The largest absolute Gasteiger partial charge is 0.370 e. The van der Waals surface area contributed by atoms with E-state index in [1.54, 1.807) is 24.3 Å². The van der Waals surface area contributed by atoms with Crippen LogP contribution >= 0.6 is 23.2 Å². The first-order valence-corrected chi connectivity index (χ1v) is 10.6. The van der Waals surface area contributed by atoms with E-state index in [-0.39, 0.29) is 24.8 Å². The molecule has 0 aromatic heterocycles. The van der Waals surface area contributed by atoms with Gasteiger partial charge in [0.25, 0.3) is 5.91 Å². The summed E-state index contributed by atoms with van der Waals surface area (Å²) in [4.78, 5) is 24.9. The molecule has 0 aliphatic heterocycles. The quantitative estimate of drug-likeness (QED) is 0.528. The monoisotopic (exact) mass is 453 g/mol. The van der Waals surface area contributed by atoms with Crippen LogP contribution < -0.4 is 11.1 Å². The highest BCUT2D eigenvalue weighted by Crippen LogP contribution is 2.29. The van der Waals surface area contributed by atoms with E-state index in [1.807, 2.05) is 31.2 Å². The maximum Gasteiger partial charge on any atom is 0.252 e. The maximum absolute atomic E-state index is 13.3. The predicted molar refractivity (Wildman–Crippen MR) is 123 cm³/mol. The van der Waals surface area contributed by atoms with Gasteiger partial charge in [0.1, 0.15) is 0 Å². The number of nitriles is 1. The van der Waals surface area contributed by atoms with Crippen molar-refractivity contribution in [3.63, 3.8) is 0 Å². The van der Waals surface area contributed by atoms with Crippen LogP contribution in [0.4, 0.5) is 0 Å². The summed E-state index contributed by atoms with van der Waals surface area (Å²) in [6, 6.07) is 16.5. The summed E-state index contributed by atoms with van der Waals surface area (Å²) in [7, 11) is 0. The van der Waals surface area contributed by atoms with E-state index >= 15 is 0 Å². The fourth-order valence-corrected chi connectivity index (χ4v) is 4.04. The van der Waals surface area contributed by atoms with Gasteiger partial charge in [0.15, 0.2) is 0 Å². The maximum atomic E-state index is 13.3. The molecule has 3 N–H and O–H groups in total. The average molecular weight is 454 g/mol. The average Bonchev–Trinajstić information content (AvgIpc) is 2.76. The molecule has 0 aliphatic carbocycles. The van der Waals surface area contributed by atoms with Crippen molar-refractivity contribution in [1.82, 2.24) is 5.32 Å². The molecule has 5 nitrogen and oxygen atoms in total. The van der Waals surface area contributed by atoms with Gasteiger partial charge in [-0.15, -0.1) is 0 Å². The van der Waals surface area contributed by atoms with Crippen molar-refractivity contribution in [2.24, 2.45) is 5.73 Å². The number of halogens is 2. The highest BCUT2D eigenvalue weighted by atomic mass is 35.5. The highest BCUT2D eigenvalue weighted by molar-refractivity contribution is 6.42. The van der Waals surface area contributed by atoms with Crippen molar-refractivity contribution >= 4 is 45.8 Å². The molecule has 0 heterocycles. The normalized spacial score (nSPS) is 11.7. The smallest absolute Gasteiger partial charge is 0.252 e. The number of nitrogens with zero attached hydrogens (tertiary/aromatic N) is 1. The van der Waals surface area contributed by atoms with Gasteiger partial charge in [-0.1, -0.05) is 60.5 Å². The molecule has 0 fully saturated rings. The molecule has 1 unspecified atom stereocenters. The summed E-state index contributed by atoms with van der Waals surface area (Å²) in [5.74, 6) is -1.16. The Morgan fingerprint density at radius 3 is 2.52 bits per heavy atom. The second-order valence-corrected chi connectivity index (χ2v) is 8.03. The molecule has 3 rings (SSSR count). The molecule has 0 saturated carbocycles. The zero-order chi connectivity index (χ0) is 22.5. The summed E-state index contributed by atoms with van der Waals surface area (Å²) in [6.45, 7) is 2.08. The summed E-state index contributed by atoms with van der Waals surface area (Å²) in [6.07, 6.45) is 0.575. The Morgan fingerprint density at radius 2 is 1.87 bits per heavy atom. The summed E-state index contributed by atoms with van der Waals surface area (Å²) >= 11 is 12.1. The topological polar surface area (TPSA) is 96.0 Å². The number of amides is 2. The first-order chi connectivity index (χ1) is 14.8. The number of nitrogens with two attached hydrogens (primary N) is 1. The van der Waals surface area contributed by atoms with E-state index in [4.69, 9.17) is 28.9 Å². The van der Waals surface area contributed by atoms with Crippen molar-refractivity contribution in [2.45, 2.75) is 25.7 Å². The Balaban J connectivity index is 1.96. The molecule has 0 bridgehead atoms. The van der Waals surface area contributed by atoms with Crippen molar-refractivity contribution in [3.8, 4) is 6.07 Å². The molecular weight excluding hydrogens is 433 g/mol. The Bertz CT molecular complexity index is 1200. The van der Waals surface area contributed by atoms with Gasteiger partial charge in [0.2, 0.25) is 5.91 Å². The van der Waals surface area contributed by atoms with E-state index in [2.05, 4.69) is 11.4 Å². The lowest BCUT2D eigenvalue weighted by Crippen LogP contribution is -2.31. The van der Waals surface area contributed by atoms with Crippen LogP contribution in [-0.4, -0.2) is 18.4 Å². The van der Waals surface area contributed by atoms with Gasteiger partial charge in [-0.2, -0.15) is 5.26 Å². The highest BCUT2D eigenvalue weighted by Gasteiger charge is 2.21. The van der Waals surface area contributed by atoms with Gasteiger partial charge in [-0.25, -0.2) is 0 Å². The second kappa shape index (κ2) is 9.82. The molecule has 1 atom stereocenters. The lowest BCUT2D eigenvalue weighted by molar-refractivity contribution is -0.118. The van der Waals surface area contributed by atoms with E-state index in [1.165, 1.54) is 0 Å². The van der Waals surface area contributed by atoms with Gasteiger partial charge in [0.05, 0.1) is 27.2 Å². The van der Waals surface area contributed by atoms with Crippen molar-refractivity contribution in [3.05, 3.63) is 80.8 Å². The number of rotatable bonds is 7. The summed E-state index contributed by atoms with van der Waals surface area (Å²) in [5, 5.41) is 14.9. The lowest BCUT2D eigenvalue weighted by atomic mass is 9.91. The molecule has 0 radical (unpaired) electrons. The summed E-state index contributed by atoms with van der Waals surface area (Å²) < 4.78 is 0. The fraction of sp³-hybridized carbons (Fsp3) is 0.208. The zero-order valence-electron chi connectivity index (χ0n) is 16.9. The number of benzene rings is 3. The van der Waals surface area contributed by atoms with Crippen molar-refractivity contribution in [1.29, 1.82) is 5.26 Å². The first-order valence-electron chi connectivity index (χ1n) is 9.81. The third kappa shape index (κ3) is 4.99. The van der Waals surface area contributed by atoms with Gasteiger partial charge in [-0.3, -0.25) is 9.59 Å². The standard InChI is InChI=1S/C24H21Cl2N3O2/c1-2-18-16(12-27)9-15-5-3-4-6-19(15)23(18)24(31)29-13-17(11-22(28)30)14-7-8-20(25)21(26)10-14/h3-10,17H,2,11,13H2,1H3,(H2,28,30)(H,29,31). The molecule has 0 saturated heterocycles. The molecule has 158 valence electrons. The number of carbonyl (C=O) groups excluding carboxylic acids is 2. The molecule has 2 amide bonds. The van der Waals surface area contributed by atoms with Gasteiger partial charge < -0.3 is 11.1 Å². The number of fused-ring (bicyclic) bond motifs is 1. The third-order valence-electron chi connectivity index (χ3n) is 5.23. The number of carbonyl (C=O) groups is 2. The predicted octanol–water partition coefficient (Wildman–Crippen LogP) is 4.97. The van der Waals surface area contributed by atoms with Crippen molar-refractivity contribution in [2.75, 3.05) is 6.54 Å². The molecule has 31 heavy (non-hydrogen) atoms. The van der Waals surface area contributed by atoms with Gasteiger partial charge in [0, 0.05) is 18.9 Å². The van der Waals surface area contributed by atoms with Crippen molar-refractivity contribution < 1.29 is 9.59 Å². The van der Waals surface area contributed by atoms with Crippen LogP contribution in [-0.2, 0) is 11.2 Å². The first kappa shape index (κ1) is 22.6. The lowest BCUT2D eigenvalue weighted by Gasteiger charge is -2.19. The second-order valence-electron chi connectivity index (χ2n) is 7.22. The Kier molecular flexibility index (Phi) is 7.17. The van der Waals surface area contributed by atoms with E-state index in [0.717, 1.165) is 16.3 Å². The van der Waals surface area contributed by atoms with Gasteiger partial charge >= 0.3 is 0 Å². The SMILES string of the molecule is CCc1c(C#N)cc2ccccc2c1C(=O)NCC(CC(N)=O)c1ccc(Cl)c(Cl)c1. The Hall–Kier alpha value is -3.07. The van der Waals surface area contributed by atoms with Crippen LogP contribution in [0.3, 0.4) is 0 Å². The molecule has 0 aliphatic rings. The minimum absolute atomic E-state index is 0.0395. The van der Waals surface area contributed by atoms with Crippen LogP contribution in [0.2, 0.25) is 10.0 Å². The number of primary amides is 1. The molecule has 3 aromatic rings. The van der Waals surface area contributed by atoms with E-state index < -0.39 is 5.91 Å². The Labute approximate surface area is 190 Å². The number of hydrogen-bond acceptors (Lipinski definition) is 3. The molecule has 0 spiro atoms. The van der Waals surface area contributed by atoms with E-state index in [0.29, 0.717) is 33.2 Å². The minimum Gasteiger partial charge on any atom is -0.370 e. The minimum atomic E-state index is -0.489. The van der Waals surface area contributed by atoms with Gasteiger partial charge in [-0.05, 0) is 46.5 Å². The zero-order valence-corrected chi connectivity index (χ0v) is 18.4. The van der Waals surface area contributed by atoms with Crippen LogP contribution in [0.15, 0.2) is 48.5 Å². The van der Waals surface area contributed by atoms with Crippen LogP contribution in [0, 0.1) is 11.3 Å². The fourth-order valence-electron chi connectivity index (χ4n) is 3.74. The molecular formula is C24H21Cl2N3O2. The third-order valence-corrected chi connectivity index (χ3v) is 5.97. The molecule has 3 aromatic carbocycles. The van der Waals surface area contributed by atoms with Crippen LogP contribution in [0.5, 0.6) is 0 Å². The number of nitrogens with one attached hydrogen (secondary N) is 1. The summed E-state index contributed by atoms with van der Waals surface area (Å²) in [5.41, 5.74) is 7.82. The van der Waals surface area contributed by atoms with Crippen LogP contribution in [0.1, 0.15) is 46.3 Å².